The highest BCUT2D eigenvalue weighted by Crippen LogP contribution is 2.44. The Bertz CT molecular complexity index is 826. The van der Waals surface area contributed by atoms with Crippen molar-refractivity contribution in [3.05, 3.63) is 53.3 Å². The molecule has 1 aliphatic carbocycles. The first-order valence-corrected chi connectivity index (χ1v) is 9.61. The van der Waals surface area contributed by atoms with Crippen molar-refractivity contribution < 1.29 is 9.59 Å². The molecule has 0 radical (unpaired) electrons. The standard InChI is InChI=1S/C21H26N4O2/c1-14-11-22-23-20(14)21(27)24(2)18-12-25(13-18)19(26)10-17-9-16(17)8-15-6-4-3-5-7-15/h3-7,11,16-18H,8-10,12-13H2,1-2H3,(H,22,23)/t16-,17+/m1/s1. The van der Waals surface area contributed by atoms with E-state index < -0.39 is 0 Å². The molecule has 4 rings (SSSR count). The summed E-state index contributed by atoms with van der Waals surface area (Å²) in [5.41, 5.74) is 2.73. The van der Waals surface area contributed by atoms with E-state index in [-0.39, 0.29) is 17.9 Å². The van der Waals surface area contributed by atoms with E-state index in [1.165, 1.54) is 5.56 Å². The van der Waals surface area contributed by atoms with E-state index >= 15 is 0 Å². The topological polar surface area (TPSA) is 69.3 Å². The number of likely N-dealkylation sites (tertiary alicyclic amines) is 1. The third-order valence-electron chi connectivity index (χ3n) is 5.97. The minimum Gasteiger partial charge on any atom is -0.338 e. The number of likely N-dealkylation sites (N-methyl/N-ethyl adjacent to an activating group) is 1. The number of rotatable bonds is 6. The van der Waals surface area contributed by atoms with Gasteiger partial charge in [0.2, 0.25) is 5.91 Å². The maximum Gasteiger partial charge on any atom is 0.272 e. The van der Waals surface area contributed by atoms with E-state index in [2.05, 4.69) is 34.5 Å². The number of hydrogen-bond acceptors (Lipinski definition) is 3. The fourth-order valence-corrected chi connectivity index (χ4v) is 3.89. The zero-order valence-electron chi connectivity index (χ0n) is 15.9. The SMILES string of the molecule is Cc1cn[nH]c1C(=O)N(C)C1CN(C(=O)C[C@@H]2C[C@H]2Cc2ccccc2)C1. The second kappa shape index (κ2) is 7.18. The molecule has 6 heteroatoms. The Morgan fingerprint density at radius 3 is 2.63 bits per heavy atom. The summed E-state index contributed by atoms with van der Waals surface area (Å²) in [6.45, 7) is 3.12. The fraction of sp³-hybridized carbons (Fsp3) is 0.476. The Hall–Kier alpha value is -2.63. The predicted molar refractivity (Wildman–Crippen MR) is 102 cm³/mol. The minimum atomic E-state index is -0.0628. The summed E-state index contributed by atoms with van der Waals surface area (Å²) in [6.07, 6.45) is 4.51. The highest BCUT2D eigenvalue weighted by molar-refractivity contribution is 5.93. The van der Waals surface area contributed by atoms with Gasteiger partial charge >= 0.3 is 0 Å². The van der Waals surface area contributed by atoms with Gasteiger partial charge in [0.1, 0.15) is 5.69 Å². The van der Waals surface area contributed by atoms with Crippen molar-refractivity contribution in [3.8, 4) is 0 Å². The van der Waals surface area contributed by atoms with Crippen LogP contribution in [0.2, 0.25) is 0 Å². The number of carbonyl (C=O) groups excluding carboxylic acids is 2. The normalized spacial score (nSPS) is 21.6. The lowest BCUT2D eigenvalue weighted by atomic mass is 10.0. The number of carbonyl (C=O) groups is 2. The van der Waals surface area contributed by atoms with Gasteiger partial charge < -0.3 is 9.80 Å². The highest BCUT2D eigenvalue weighted by atomic mass is 16.2. The van der Waals surface area contributed by atoms with E-state index in [0.29, 0.717) is 37.0 Å². The summed E-state index contributed by atoms with van der Waals surface area (Å²) in [4.78, 5) is 28.6. The largest absolute Gasteiger partial charge is 0.338 e. The van der Waals surface area contributed by atoms with Gasteiger partial charge in [-0.15, -0.1) is 0 Å². The first-order valence-electron chi connectivity index (χ1n) is 9.61. The lowest BCUT2D eigenvalue weighted by Gasteiger charge is -2.44. The highest BCUT2D eigenvalue weighted by Gasteiger charge is 2.42. The van der Waals surface area contributed by atoms with Gasteiger partial charge in [-0.05, 0) is 42.7 Å². The van der Waals surface area contributed by atoms with Gasteiger partial charge in [0.15, 0.2) is 0 Å². The second-order valence-corrected chi connectivity index (χ2v) is 7.95. The number of aryl methyl sites for hydroxylation is 1. The molecule has 1 aromatic heterocycles. The monoisotopic (exact) mass is 366 g/mol. The number of aromatic amines is 1. The Balaban J connectivity index is 1.21. The number of benzene rings is 1. The van der Waals surface area contributed by atoms with E-state index in [1.54, 1.807) is 18.1 Å². The summed E-state index contributed by atoms with van der Waals surface area (Å²) in [7, 11) is 1.80. The van der Waals surface area contributed by atoms with Crippen LogP contribution in [0.15, 0.2) is 36.5 Å². The van der Waals surface area contributed by atoms with Crippen LogP contribution in [-0.2, 0) is 11.2 Å². The molecule has 2 amide bonds. The van der Waals surface area contributed by atoms with Gasteiger partial charge in [-0.1, -0.05) is 30.3 Å². The maximum absolute atomic E-state index is 12.5. The summed E-state index contributed by atoms with van der Waals surface area (Å²) in [5.74, 6) is 1.32. The molecule has 142 valence electrons. The minimum absolute atomic E-state index is 0.0628. The molecular formula is C21H26N4O2. The van der Waals surface area contributed by atoms with Crippen LogP contribution in [0.3, 0.4) is 0 Å². The molecule has 1 N–H and O–H groups in total. The molecule has 1 saturated heterocycles. The fourth-order valence-electron chi connectivity index (χ4n) is 3.89. The number of H-pyrrole nitrogens is 1. The lowest BCUT2D eigenvalue weighted by molar-refractivity contribution is -0.138. The van der Waals surface area contributed by atoms with E-state index in [1.807, 2.05) is 17.9 Å². The van der Waals surface area contributed by atoms with Crippen molar-refractivity contribution in [1.29, 1.82) is 0 Å². The van der Waals surface area contributed by atoms with Crippen LogP contribution in [0.5, 0.6) is 0 Å². The quantitative estimate of drug-likeness (QED) is 0.853. The van der Waals surface area contributed by atoms with Crippen LogP contribution < -0.4 is 0 Å². The molecular weight excluding hydrogens is 340 g/mol. The van der Waals surface area contributed by atoms with Crippen LogP contribution in [0.25, 0.3) is 0 Å². The molecule has 2 fully saturated rings. The van der Waals surface area contributed by atoms with Crippen molar-refractivity contribution in [3.63, 3.8) is 0 Å². The number of aromatic nitrogens is 2. The lowest BCUT2D eigenvalue weighted by Crippen LogP contribution is -2.61. The van der Waals surface area contributed by atoms with Crippen LogP contribution in [0.1, 0.15) is 34.5 Å². The molecule has 2 atom stereocenters. The van der Waals surface area contributed by atoms with E-state index in [4.69, 9.17) is 0 Å². The molecule has 0 unspecified atom stereocenters. The van der Waals surface area contributed by atoms with Gasteiger partial charge in [-0.25, -0.2) is 0 Å². The molecule has 1 aliphatic heterocycles. The van der Waals surface area contributed by atoms with Crippen molar-refractivity contribution in [1.82, 2.24) is 20.0 Å². The van der Waals surface area contributed by atoms with Crippen molar-refractivity contribution in [2.75, 3.05) is 20.1 Å². The van der Waals surface area contributed by atoms with Gasteiger partial charge in [0, 0.05) is 26.6 Å². The Morgan fingerprint density at radius 1 is 1.22 bits per heavy atom. The Labute approximate surface area is 159 Å². The van der Waals surface area contributed by atoms with E-state index in [0.717, 1.165) is 18.4 Å². The molecule has 1 aromatic carbocycles. The third kappa shape index (κ3) is 3.75. The molecule has 0 bridgehead atoms. The molecule has 2 heterocycles. The number of nitrogens with zero attached hydrogens (tertiary/aromatic N) is 3. The average Bonchev–Trinajstić information content (AvgIpc) is 3.18. The summed E-state index contributed by atoms with van der Waals surface area (Å²) in [6, 6.07) is 10.6. The Morgan fingerprint density at radius 2 is 1.96 bits per heavy atom. The summed E-state index contributed by atoms with van der Waals surface area (Å²) < 4.78 is 0. The summed E-state index contributed by atoms with van der Waals surface area (Å²) >= 11 is 0. The van der Waals surface area contributed by atoms with Crippen LogP contribution in [0, 0.1) is 18.8 Å². The van der Waals surface area contributed by atoms with Gasteiger partial charge in [0.25, 0.3) is 5.91 Å². The average molecular weight is 366 g/mol. The van der Waals surface area contributed by atoms with Crippen LogP contribution in [0.4, 0.5) is 0 Å². The molecule has 27 heavy (non-hydrogen) atoms. The molecule has 6 nitrogen and oxygen atoms in total. The maximum atomic E-state index is 12.5. The van der Waals surface area contributed by atoms with Gasteiger partial charge in [-0.2, -0.15) is 5.10 Å². The van der Waals surface area contributed by atoms with Crippen LogP contribution in [-0.4, -0.2) is 58.0 Å². The Kier molecular flexibility index (Phi) is 4.72. The molecule has 2 aliphatic rings. The third-order valence-corrected chi connectivity index (χ3v) is 5.97. The zero-order valence-corrected chi connectivity index (χ0v) is 15.9. The molecule has 1 saturated carbocycles. The van der Waals surface area contributed by atoms with E-state index in [9.17, 15) is 9.59 Å². The predicted octanol–water partition coefficient (Wildman–Crippen LogP) is 2.27. The number of nitrogens with one attached hydrogen (secondary N) is 1. The van der Waals surface area contributed by atoms with Gasteiger partial charge in [-0.3, -0.25) is 14.7 Å². The second-order valence-electron chi connectivity index (χ2n) is 7.95. The number of hydrogen-bond donors (Lipinski definition) is 1. The van der Waals surface area contributed by atoms with Crippen molar-refractivity contribution in [2.24, 2.45) is 11.8 Å². The smallest absolute Gasteiger partial charge is 0.272 e. The number of amides is 2. The first kappa shape index (κ1) is 17.8. The molecule has 0 spiro atoms. The molecule has 2 aromatic rings. The van der Waals surface area contributed by atoms with Crippen molar-refractivity contribution >= 4 is 11.8 Å². The van der Waals surface area contributed by atoms with Gasteiger partial charge in [0.05, 0.1) is 12.2 Å². The summed E-state index contributed by atoms with van der Waals surface area (Å²) in [5, 5.41) is 6.67. The van der Waals surface area contributed by atoms with Crippen molar-refractivity contribution in [2.45, 2.75) is 32.2 Å². The first-order chi connectivity index (χ1) is 13.0. The zero-order chi connectivity index (χ0) is 19.0. The van der Waals surface area contributed by atoms with Crippen LogP contribution >= 0.6 is 0 Å².